The van der Waals surface area contributed by atoms with E-state index in [2.05, 4.69) is 22.8 Å². The Labute approximate surface area is 143 Å². The van der Waals surface area contributed by atoms with Gasteiger partial charge in [0, 0.05) is 30.8 Å². The molecule has 126 valence electrons. The zero-order valence-corrected chi connectivity index (χ0v) is 14.0. The molecule has 2 rings (SSSR count). The molecule has 2 aromatic carbocycles. The fraction of sp³-hybridized carbons (Fsp3) is 0.300. The van der Waals surface area contributed by atoms with Crippen molar-refractivity contribution in [2.45, 2.75) is 26.2 Å². The van der Waals surface area contributed by atoms with E-state index in [1.807, 2.05) is 30.3 Å². The summed E-state index contributed by atoms with van der Waals surface area (Å²) in [6.07, 6.45) is 2.34. The van der Waals surface area contributed by atoms with Crippen LogP contribution >= 0.6 is 0 Å². The van der Waals surface area contributed by atoms with Crippen LogP contribution in [0.15, 0.2) is 54.6 Å². The lowest BCUT2D eigenvalue weighted by Crippen LogP contribution is -2.26. The summed E-state index contributed by atoms with van der Waals surface area (Å²) in [5, 5.41) is 6.13. The van der Waals surface area contributed by atoms with Crippen LogP contribution in [0.5, 0.6) is 0 Å². The molecule has 1 amide bonds. The predicted octanol–water partition coefficient (Wildman–Crippen LogP) is 3.44. The van der Waals surface area contributed by atoms with Gasteiger partial charge in [0.2, 0.25) is 5.91 Å². The molecule has 2 N–H and O–H groups in total. The largest absolute Gasteiger partial charge is 0.385 e. The van der Waals surface area contributed by atoms with E-state index in [-0.39, 0.29) is 11.7 Å². The lowest BCUT2D eigenvalue weighted by Gasteiger charge is -2.08. The normalized spacial score (nSPS) is 10.2. The first-order valence-electron chi connectivity index (χ1n) is 8.30. The van der Waals surface area contributed by atoms with E-state index in [4.69, 9.17) is 0 Å². The number of carbonyl (C=O) groups excluding carboxylic acids is 2. The number of Topliss-reactive ketones (excluding diaryl/α,β-unsaturated/α-hetero) is 1. The molecule has 24 heavy (non-hydrogen) atoms. The Hall–Kier alpha value is -2.62. The first kappa shape index (κ1) is 17.7. The van der Waals surface area contributed by atoms with Gasteiger partial charge in [-0.15, -0.1) is 0 Å². The Bertz CT molecular complexity index is 651. The number of ketones is 1. The van der Waals surface area contributed by atoms with E-state index in [1.165, 1.54) is 5.56 Å². The van der Waals surface area contributed by atoms with Crippen molar-refractivity contribution in [3.63, 3.8) is 0 Å². The summed E-state index contributed by atoms with van der Waals surface area (Å²) in [6, 6.07) is 17.6. The van der Waals surface area contributed by atoms with E-state index >= 15 is 0 Å². The molecule has 0 atom stereocenters. The van der Waals surface area contributed by atoms with Crippen molar-refractivity contribution in [2.24, 2.45) is 0 Å². The van der Waals surface area contributed by atoms with Crippen molar-refractivity contribution in [1.29, 1.82) is 0 Å². The van der Waals surface area contributed by atoms with Gasteiger partial charge in [0.25, 0.3) is 0 Å². The highest BCUT2D eigenvalue weighted by Gasteiger charge is 2.02. The summed E-state index contributed by atoms with van der Waals surface area (Å²) in [5.41, 5.74) is 2.90. The Morgan fingerprint density at radius 2 is 1.62 bits per heavy atom. The van der Waals surface area contributed by atoms with Gasteiger partial charge in [-0.1, -0.05) is 30.3 Å². The number of aryl methyl sites for hydroxylation is 1. The average molecular weight is 324 g/mol. The van der Waals surface area contributed by atoms with Crippen molar-refractivity contribution in [2.75, 3.05) is 18.4 Å². The SMILES string of the molecule is CC(=O)c1ccc(NCCC(=O)NCCCc2ccccc2)cc1. The number of carbonyl (C=O) groups is 2. The number of amides is 1. The molecular weight excluding hydrogens is 300 g/mol. The van der Waals surface area contributed by atoms with Crippen molar-refractivity contribution in [3.8, 4) is 0 Å². The monoisotopic (exact) mass is 324 g/mol. The molecular formula is C20H24N2O2. The number of anilines is 1. The van der Waals surface area contributed by atoms with Crippen LogP contribution in [-0.4, -0.2) is 24.8 Å². The Morgan fingerprint density at radius 1 is 0.917 bits per heavy atom. The van der Waals surface area contributed by atoms with Gasteiger partial charge in [0.15, 0.2) is 5.78 Å². The zero-order chi connectivity index (χ0) is 17.2. The van der Waals surface area contributed by atoms with Crippen LogP contribution in [0.2, 0.25) is 0 Å². The topological polar surface area (TPSA) is 58.2 Å². The van der Waals surface area contributed by atoms with E-state index < -0.39 is 0 Å². The molecule has 0 aliphatic heterocycles. The molecule has 0 aromatic heterocycles. The highest BCUT2D eigenvalue weighted by Crippen LogP contribution is 2.09. The van der Waals surface area contributed by atoms with E-state index in [0.717, 1.165) is 18.5 Å². The summed E-state index contributed by atoms with van der Waals surface area (Å²) in [5.74, 6) is 0.104. The van der Waals surface area contributed by atoms with Gasteiger partial charge in [0.1, 0.15) is 0 Å². The fourth-order valence-electron chi connectivity index (χ4n) is 2.40. The van der Waals surface area contributed by atoms with Crippen LogP contribution in [0.4, 0.5) is 5.69 Å². The third-order valence-electron chi connectivity index (χ3n) is 3.78. The first-order valence-corrected chi connectivity index (χ1v) is 8.30. The third-order valence-corrected chi connectivity index (χ3v) is 3.78. The predicted molar refractivity (Wildman–Crippen MR) is 97.3 cm³/mol. The van der Waals surface area contributed by atoms with E-state index in [9.17, 15) is 9.59 Å². The number of benzene rings is 2. The molecule has 0 fully saturated rings. The smallest absolute Gasteiger partial charge is 0.221 e. The van der Waals surface area contributed by atoms with Crippen LogP contribution in [0.1, 0.15) is 35.7 Å². The number of hydrogen-bond donors (Lipinski definition) is 2. The first-order chi connectivity index (χ1) is 11.6. The van der Waals surface area contributed by atoms with Crippen LogP contribution in [-0.2, 0) is 11.2 Å². The van der Waals surface area contributed by atoms with Gasteiger partial charge in [0.05, 0.1) is 0 Å². The van der Waals surface area contributed by atoms with Gasteiger partial charge < -0.3 is 10.6 Å². The Kier molecular flexibility index (Phi) is 7.02. The van der Waals surface area contributed by atoms with E-state index in [0.29, 0.717) is 25.1 Å². The molecule has 4 nitrogen and oxygen atoms in total. The number of hydrogen-bond acceptors (Lipinski definition) is 3. The standard InChI is InChI=1S/C20H24N2O2/c1-16(23)18-9-11-19(12-10-18)21-15-13-20(24)22-14-5-8-17-6-3-2-4-7-17/h2-4,6-7,9-12,21H,5,8,13-15H2,1H3,(H,22,24). The second-order valence-corrected chi connectivity index (χ2v) is 5.75. The fourth-order valence-corrected chi connectivity index (χ4v) is 2.40. The van der Waals surface area contributed by atoms with Crippen LogP contribution in [0.3, 0.4) is 0 Å². The van der Waals surface area contributed by atoms with Gasteiger partial charge in [-0.25, -0.2) is 0 Å². The summed E-state index contributed by atoms with van der Waals surface area (Å²) in [6.45, 7) is 2.82. The maximum Gasteiger partial charge on any atom is 0.221 e. The Balaban J connectivity index is 1.58. The molecule has 0 radical (unpaired) electrons. The van der Waals surface area contributed by atoms with Gasteiger partial charge >= 0.3 is 0 Å². The van der Waals surface area contributed by atoms with Crippen LogP contribution < -0.4 is 10.6 Å². The second-order valence-electron chi connectivity index (χ2n) is 5.75. The molecule has 0 aliphatic carbocycles. The highest BCUT2D eigenvalue weighted by molar-refractivity contribution is 5.94. The average Bonchev–Trinajstić information content (AvgIpc) is 2.60. The molecule has 0 saturated heterocycles. The minimum atomic E-state index is 0.0518. The quantitative estimate of drug-likeness (QED) is 0.549. The molecule has 2 aromatic rings. The zero-order valence-electron chi connectivity index (χ0n) is 14.0. The lowest BCUT2D eigenvalue weighted by molar-refractivity contribution is -0.120. The molecule has 0 unspecified atom stereocenters. The minimum absolute atomic E-state index is 0.0518. The van der Waals surface area contributed by atoms with E-state index in [1.54, 1.807) is 19.1 Å². The van der Waals surface area contributed by atoms with Crippen LogP contribution in [0, 0.1) is 0 Å². The summed E-state index contributed by atoms with van der Waals surface area (Å²) in [4.78, 5) is 23.0. The third kappa shape index (κ3) is 6.24. The number of nitrogens with one attached hydrogen (secondary N) is 2. The van der Waals surface area contributed by atoms with Crippen molar-refractivity contribution < 1.29 is 9.59 Å². The van der Waals surface area contributed by atoms with Gasteiger partial charge in [-0.05, 0) is 49.6 Å². The van der Waals surface area contributed by atoms with Crippen LogP contribution in [0.25, 0.3) is 0 Å². The van der Waals surface area contributed by atoms with Crippen molar-refractivity contribution in [3.05, 3.63) is 65.7 Å². The second kappa shape index (κ2) is 9.50. The lowest BCUT2D eigenvalue weighted by atomic mass is 10.1. The minimum Gasteiger partial charge on any atom is -0.385 e. The maximum atomic E-state index is 11.8. The molecule has 0 saturated carbocycles. The number of rotatable bonds is 9. The summed E-state index contributed by atoms with van der Waals surface area (Å²) >= 11 is 0. The van der Waals surface area contributed by atoms with Gasteiger partial charge in [-0.2, -0.15) is 0 Å². The van der Waals surface area contributed by atoms with Gasteiger partial charge in [-0.3, -0.25) is 9.59 Å². The molecule has 0 spiro atoms. The van der Waals surface area contributed by atoms with Crippen molar-refractivity contribution in [1.82, 2.24) is 5.32 Å². The van der Waals surface area contributed by atoms with Crippen molar-refractivity contribution >= 4 is 17.4 Å². The maximum absolute atomic E-state index is 11.8. The summed E-state index contributed by atoms with van der Waals surface area (Å²) in [7, 11) is 0. The highest BCUT2D eigenvalue weighted by atomic mass is 16.1. The molecule has 0 heterocycles. The molecule has 0 bridgehead atoms. The molecule has 0 aliphatic rings. The Morgan fingerprint density at radius 3 is 2.29 bits per heavy atom. The molecule has 4 heteroatoms. The summed E-state index contributed by atoms with van der Waals surface area (Å²) < 4.78 is 0.